The van der Waals surface area contributed by atoms with Gasteiger partial charge in [0.05, 0.1) is 19.1 Å². The van der Waals surface area contributed by atoms with Crippen LogP contribution in [-0.2, 0) is 9.53 Å². The average Bonchev–Trinajstić information content (AvgIpc) is 2.17. The zero-order chi connectivity index (χ0) is 11.5. The SMILES string of the molecule is C/C=C/CCNCC(O)CC(=O)OCC. The van der Waals surface area contributed by atoms with E-state index in [0.29, 0.717) is 13.2 Å². The lowest BCUT2D eigenvalue weighted by atomic mass is 10.2. The first-order valence-electron chi connectivity index (χ1n) is 5.36. The summed E-state index contributed by atoms with van der Waals surface area (Å²) in [7, 11) is 0. The Morgan fingerprint density at radius 1 is 1.60 bits per heavy atom. The Morgan fingerprint density at radius 2 is 2.33 bits per heavy atom. The summed E-state index contributed by atoms with van der Waals surface area (Å²) in [5.41, 5.74) is 0. The van der Waals surface area contributed by atoms with Crippen LogP contribution in [0.25, 0.3) is 0 Å². The molecule has 0 saturated heterocycles. The first-order valence-corrected chi connectivity index (χ1v) is 5.36. The fourth-order valence-electron chi connectivity index (χ4n) is 1.11. The van der Waals surface area contributed by atoms with E-state index in [0.717, 1.165) is 13.0 Å². The van der Waals surface area contributed by atoms with Crippen LogP contribution in [0, 0.1) is 0 Å². The molecule has 0 radical (unpaired) electrons. The summed E-state index contributed by atoms with van der Waals surface area (Å²) < 4.78 is 4.72. The number of aliphatic hydroxyl groups excluding tert-OH is 1. The third-order valence-corrected chi connectivity index (χ3v) is 1.81. The van der Waals surface area contributed by atoms with Crippen LogP contribution in [0.15, 0.2) is 12.2 Å². The van der Waals surface area contributed by atoms with Crippen molar-refractivity contribution in [2.45, 2.75) is 32.8 Å². The van der Waals surface area contributed by atoms with Gasteiger partial charge >= 0.3 is 5.97 Å². The highest BCUT2D eigenvalue weighted by Crippen LogP contribution is 1.93. The minimum absolute atomic E-state index is 0.0600. The molecule has 0 aliphatic carbocycles. The number of hydrogen-bond donors (Lipinski definition) is 2. The quantitative estimate of drug-likeness (QED) is 0.358. The van der Waals surface area contributed by atoms with Gasteiger partial charge < -0.3 is 15.2 Å². The smallest absolute Gasteiger partial charge is 0.308 e. The molecule has 0 heterocycles. The molecule has 0 rings (SSSR count). The van der Waals surface area contributed by atoms with Crippen LogP contribution in [-0.4, -0.2) is 36.9 Å². The summed E-state index contributed by atoms with van der Waals surface area (Å²) >= 11 is 0. The molecule has 2 N–H and O–H groups in total. The minimum Gasteiger partial charge on any atom is -0.466 e. The second-order valence-corrected chi connectivity index (χ2v) is 3.22. The topological polar surface area (TPSA) is 58.6 Å². The molecule has 0 amide bonds. The minimum atomic E-state index is -0.658. The molecule has 88 valence electrons. The predicted octanol–water partition coefficient (Wildman–Crippen LogP) is 0.856. The zero-order valence-electron chi connectivity index (χ0n) is 9.53. The van der Waals surface area contributed by atoms with Gasteiger partial charge in [0.1, 0.15) is 0 Å². The van der Waals surface area contributed by atoms with Crippen molar-refractivity contribution in [3.63, 3.8) is 0 Å². The van der Waals surface area contributed by atoms with Crippen molar-refractivity contribution >= 4 is 5.97 Å². The molecule has 0 aromatic carbocycles. The van der Waals surface area contributed by atoms with E-state index in [1.165, 1.54) is 0 Å². The van der Waals surface area contributed by atoms with Crippen molar-refractivity contribution in [1.29, 1.82) is 0 Å². The summed E-state index contributed by atoms with van der Waals surface area (Å²) in [6.45, 7) is 5.32. The number of nitrogens with one attached hydrogen (secondary N) is 1. The number of aliphatic hydroxyl groups is 1. The third-order valence-electron chi connectivity index (χ3n) is 1.81. The molecule has 4 heteroatoms. The summed E-state index contributed by atoms with van der Waals surface area (Å²) in [5.74, 6) is -0.347. The Labute approximate surface area is 91.3 Å². The Balaban J connectivity index is 3.40. The molecule has 0 spiro atoms. The number of rotatable bonds is 8. The van der Waals surface area contributed by atoms with Crippen LogP contribution < -0.4 is 5.32 Å². The second kappa shape index (κ2) is 9.68. The van der Waals surface area contributed by atoms with Crippen molar-refractivity contribution in [2.24, 2.45) is 0 Å². The normalized spacial score (nSPS) is 13.0. The molecule has 4 nitrogen and oxygen atoms in total. The van der Waals surface area contributed by atoms with Crippen LogP contribution in [0.3, 0.4) is 0 Å². The molecular weight excluding hydrogens is 194 g/mol. The Hall–Kier alpha value is -0.870. The van der Waals surface area contributed by atoms with Crippen molar-refractivity contribution in [1.82, 2.24) is 5.32 Å². The summed E-state index contributed by atoms with van der Waals surface area (Å²) in [5, 5.41) is 12.5. The highest BCUT2D eigenvalue weighted by atomic mass is 16.5. The van der Waals surface area contributed by atoms with E-state index in [-0.39, 0.29) is 12.4 Å². The molecule has 0 saturated carbocycles. The molecule has 0 aromatic rings. The number of esters is 1. The molecule has 1 atom stereocenters. The lowest BCUT2D eigenvalue weighted by Gasteiger charge is -2.10. The molecule has 0 aliphatic rings. The fraction of sp³-hybridized carbons (Fsp3) is 0.727. The maximum Gasteiger partial charge on any atom is 0.308 e. The van der Waals surface area contributed by atoms with Gasteiger partial charge in [0, 0.05) is 6.54 Å². The van der Waals surface area contributed by atoms with Gasteiger partial charge in [-0.15, -0.1) is 0 Å². The van der Waals surface area contributed by atoms with Crippen LogP contribution >= 0.6 is 0 Å². The highest BCUT2D eigenvalue weighted by molar-refractivity contribution is 5.69. The Morgan fingerprint density at radius 3 is 2.93 bits per heavy atom. The van der Waals surface area contributed by atoms with Crippen molar-refractivity contribution in [3.05, 3.63) is 12.2 Å². The molecule has 0 bridgehead atoms. The van der Waals surface area contributed by atoms with Gasteiger partial charge in [-0.1, -0.05) is 12.2 Å². The Kier molecular flexibility index (Phi) is 9.11. The number of carbonyl (C=O) groups excluding carboxylic acids is 1. The molecule has 0 aromatic heterocycles. The summed E-state index contributed by atoms with van der Waals surface area (Å²) in [6, 6.07) is 0. The molecular formula is C11H21NO3. The van der Waals surface area contributed by atoms with Gasteiger partial charge in [0.2, 0.25) is 0 Å². The van der Waals surface area contributed by atoms with Crippen molar-refractivity contribution in [3.8, 4) is 0 Å². The van der Waals surface area contributed by atoms with Gasteiger partial charge in [0.15, 0.2) is 0 Å². The van der Waals surface area contributed by atoms with Crippen LogP contribution in [0.2, 0.25) is 0 Å². The first kappa shape index (κ1) is 14.1. The summed E-state index contributed by atoms with van der Waals surface area (Å²) in [4.78, 5) is 11.0. The first-order chi connectivity index (χ1) is 7.20. The molecule has 1 unspecified atom stereocenters. The van der Waals surface area contributed by atoms with E-state index >= 15 is 0 Å². The van der Waals surface area contributed by atoms with E-state index in [9.17, 15) is 9.90 Å². The van der Waals surface area contributed by atoms with Crippen molar-refractivity contribution in [2.75, 3.05) is 19.7 Å². The van der Waals surface area contributed by atoms with Gasteiger partial charge in [0.25, 0.3) is 0 Å². The number of hydrogen-bond acceptors (Lipinski definition) is 4. The second-order valence-electron chi connectivity index (χ2n) is 3.22. The van der Waals surface area contributed by atoms with Gasteiger partial charge in [-0.3, -0.25) is 4.79 Å². The van der Waals surface area contributed by atoms with E-state index < -0.39 is 6.10 Å². The largest absolute Gasteiger partial charge is 0.466 e. The van der Waals surface area contributed by atoms with E-state index in [1.807, 2.05) is 19.1 Å². The van der Waals surface area contributed by atoms with E-state index in [1.54, 1.807) is 6.92 Å². The monoisotopic (exact) mass is 215 g/mol. The summed E-state index contributed by atoms with van der Waals surface area (Å²) in [6.07, 6.45) is 4.36. The molecule has 0 fully saturated rings. The number of ether oxygens (including phenoxy) is 1. The average molecular weight is 215 g/mol. The lowest BCUT2D eigenvalue weighted by molar-refractivity contribution is -0.145. The maximum atomic E-state index is 11.0. The van der Waals surface area contributed by atoms with E-state index in [2.05, 4.69) is 5.32 Å². The lowest BCUT2D eigenvalue weighted by Crippen LogP contribution is -2.29. The van der Waals surface area contributed by atoms with Gasteiger partial charge in [-0.25, -0.2) is 0 Å². The maximum absolute atomic E-state index is 11.0. The van der Waals surface area contributed by atoms with Crippen LogP contribution in [0.5, 0.6) is 0 Å². The van der Waals surface area contributed by atoms with Crippen LogP contribution in [0.1, 0.15) is 26.7 Å². The third kappa shape index (κ3) is 9.43. The molecule has 0 aliphatic heterocycles. The standard InChI is InChI=1S/C11H21NO3/c1-3-5-6-7-12-9-10(13)8-11(14)15-4-2/h3,5,10,12-13H,4,6-9H2,1-2H3/b5-3+. The van der Waals surface area contributed by atoms with Crippen molar-refractivity contribution < 1.29 is 14.6 Å². The number of carbonyl (C=O) groups is 1. The molecule has 15 heavy (non-hydrogen) atoms. The fourth-order valence-corrected chi connectivity index (χ4v) is 1.11. The number of allylic oxidation sites excluding steroid dienone is 1. The highest BCUT2D eigenvalue weighted by Gasteiger charge is 2.10. The predicted molar refractivity (Wildman–Crippen MR) is 59.6 cm³/mol. The Bertz CT molecular complexity index is 192. The van der Waals surface area contributed by atoms with Crippen LogP contribution in [0.4, 0.5) is 0 Å². The van der Waals surface area contributed by atoms with Gasteiger partial charge in [-0.2, -0.15) is 0 Å². The zero-order valence-corrected chi connectivity index (χ0v) is 9.53. The van der Waals surface area contributed by atoms with Gasteiger partial charge in [-0.05, 0) is 26.8 Å². The van der Waals surface area contributed by atoms with E-state index in [4.69, 9.17) is 4.74 Å².